The van der Waals surface area contributed by atoms with Crippen LogP contribution in [0.5, 0.6) is 5.75 Å². The summed E-state index contributed by atoms with van der Waals surface area (Å²) in [6.45, 7) is 0.565. The number of carbonyl (C=O) groups excluding carboxylic acids is 2. The summed E-state index contributed by atoms with van der Waals surface area (Å²) >= 11 is 0. The average Bonchev–Trinajstić information content (AvgIpc) is 3.37. The first kappa shape index (κ1) is 18.1. The molecule has 1 fully saturated rings. The molecule has 1 atom stereocenters. The zero-order valence-corrected chi connectivity index (χ0v) is 15.4. The predicted octanol–water partition coefficient (Wildman–Crippen LogP) is 3.81. The molecule has 2 N–H and O–H groups in total. The minimum atomic E-state index is -0.508. The highest BCUT2D eigenvalue weighted by atomic mass is 16.5. The van der Waals surface area contributed by atoms with Crippen molar-refractivity contribution in [1.82, 2.24) is 0 Å². The van der Waals surface area contributed by atoms with Crippen molar-refractivity contribution in [2.75, 3.05) is 24.4 Å². The molecule has 0 radical (unpaired) electrons. The van der Waals surface area contributed by atoms with Gasteiger partial charge in [-0.15, -0.1) is 0 Å². The Morgan fingerprint density at radius 3 is 2.57 bits per heavy atom. The van der Waals surface area contributed by atoms with E-state index >= 15 is 0 Å². The monoisotopic (exact) mass is 380 g/mol. The molecule has 1 saturated heterocycles. The summed E-state index contributed by atoms with van der Waals surface area (Å²) < 4.78 is 16.3. The third-order valence-electron chi connectivity index (χ3n) is 4.62. The Kier molecular flexibility index (Phi) is 4.99. The van der Waals surface area contributed by atoms with Crippen molar-refractivity contribution < 1.29 is 23.5 Å². The summed E-state index contributed by atoms with van der Waals surface area (Å²) in [4.78, 5) is 25.4. The van der Waals surface area contributed by atoms with E-state index in [-0.39, 0.29) is 11.7 Å². The van der Waals surface area contributed by atoms with E-state index in [1.807, 2.05) is 12.1 Å². The van der Waals surface area contributed by atoms with E-state index in [0.717, 1.165) is 6.42 Å². The minimum absolute atomic E-state index is 0.0448. The lowest BCUT2D eigenvalue weighted by Crippen LogP contribution is -2.27. The Hall–Kier alpha value is -3.32. The average molecular weight is 380 g/mol. The van der Waals surface area contributed by atoms with Crippen molar-refractivity contribution in [3.63, 3.8) is 0 Å². The van der Waals surface area contributed by atoms with Crippen LogP contribution in [0.25, 0.3) is 11.0 Å². The maximum atomic E-state index is 12.8. The molecule has 1 aliphatic heterocycles. The number of carbonyl (C=O) groups is 2. The molecule has 2 aromatic carbocycles. The van der Waals surface area contributed by atoms with E-state index < -0.39 is 12.0 Å². The summed E-state index contributed by atoms with van der Waals surface area (Å²) in [5, 5.41) is 6.27. The molecule has 1 aromatic heterocycles. The quantitative estimate of drug-likeness (QED) is 0.702. The van der Waals surface area contributed by atoms with E-state index in [1.165, 1.54) is 0 Å². The van der Waals surface area contributed by atoms with Gasteiger partial charge in [0.05, 0.1) is 7.11 Å². The second-order valence-electron chi connectivity index (χ2n) is 6.48. The molecule has 0 aliphatic carbocycles. The maximum absolute atomic E-state index is 12.8. The zero-order chi connectivity index (χ0) is 19.5. The third-order valence-corrected chi connectivity index (χ3v) is 4.62. The number of hydrogen-bond donors (Lipinski definition) is 2. The Labute approximate surface area is 161 Å². The van der Waals surface area contributed by atoms with Gasteiger partial charge in [-0.25, -0.2) is 0 Å². The largest absolute Gasteiger partial charge is 0.497 e. The van der Waals surface area contributed by atoms with Crippen LogP contribution in [0.4, 0.5) is 11.4 Å². The van der Waals surface area contributed by atoms with Crippen molar-refractivity contribution in [3.05, 3.63) is 54.3 Å². The van der Waals surface area contributed by atoms with E-state index in [2.05, 4.69) is 10.6 Å². The summed E-state index contributed by atoms with van der Waals surface area (Å²) in [5.74, 6) is 0.00109. The van der Waals surface area contributed by atoms with Gasteiger partial charge >= 0.3 is 0 Å². The number of rotatable bonds is 5. The second kappa shape index (κ2) is 7.74. The molecule has 0 bridgehead atoms. The number of methoxy groups -OCH3 is 1. The molecule has 144 valence electrons. The summed E-state index contributed by atoms with van der Waals surface area (Å²) in [5.41, 5.74) is 1.45. The summed E-state index contributed by atoms with van der Waals surface area (Å²) in [6, 6.07) is 14.1. The van der Waals surface area contributed by atoms with Gasteiger partial charge in [-0.2, -0.15) is 0 Å². The standard InChI is InChI=1S/C21H20N2O5/c1-26-14-10-8-13(9-11-14)22-21(25)19-18(15-5-2-3-6-16(15)28-19)23-20(24)17-7-4-12-27-17/h2-3,5-6,8-11,17H,4,7,12H2,1H3,(H,22,25)(H,23,24). The van der Waals surface area contributed by atoms with E-state index in [1.54, 1.807) is 43.5 Å². The van der Waals surface area contributed by atoms with Crippen LogP contribution >= 0.6 is 0 Å². The van der Waals surface area contributed by atoms with Crippen LogP contribution in [0.2, 0.25) is 0 Å². The molecule has 3 aromatic rings. The molecule has 7 heteroatoms. The van der Waals surface area contributed by atoms with Crippen LogP contribution in [-0.2, 0) is 9.53 Å². The number of anilines is 2. The van der Waals surface area contributed by atoms with Crippen LogP contribution in [0.1, 0.15) is 23.4 Å². The molecule has 1 aliphatic rings. The summed E-state index contributed by atoms with van der Waals surface area (Å²) in [6.07, 6.45) is 0.996. The van der Waals surface area contributed by atoms with Gasteiger partial charge in [-0.1, -0.05) is 12.1 Å². The van der Waals surface area contributed by atoms with Gasteiger partial charge in [-0.3, -0.25) is 9.59 Å². The fraction of sp³-hybridized carbons (Fsp3) is 0.238. The van der Waals surface area contributed by atoms with Crippen LogP contribution in [0.3, 0.4) is 0 Å². The molecule has 4 rings (SSSR count). The highest BCUT2D eigenvalue weighted by Crippen LogP contribution is 2.32. The topological polar surface area (TPSA) is 89.8 Å². The molecule has 2 amide bonds. The van der Waals surface area contributed by atoms with Gasteiger partial charge in [0.1, 0.15) is 23.1 Å². The third kappa shape index (κ3) is 3.57. The highest BCUT2D eigenvalue weighted by molar-refractivity contribution is 6.15. The van der Waals surface area contributed by atoms with Crippen LogP contribution in [-0.4, -0.2) is 31.6 Å². The fourth-order valence-corrected chi connectivity index (χ4v) is 3.18. The van der Waals surface area contributed by atoms with Gasteiger partial charge in [0.2, 0.25) is 5.76 Å². The van der Waals surface area contributed by atoms with Crippen molar-refractivity contribution in [3.8, 4) is 5.75 Å². The number of para-hydroxylation sites is 1. The highest BCUT2D eigenvalue weighted by Gasteiger charge is 2.28. The van der Waals surface area contributed by atoms with Crippen molar-refractivity contribution in [2.24, 2.45) is 0 Å². The number of hydrogen-bond acceptors (Lipinski definition) is 5. The Morgan fingerprint density at radius 1 is 1.07 bits per heavy atom. The summed E-state index contributed by atoms with van der Waals surface area (Å²) in [7, 11) is 1.57. The number of nitrogens with one attached hydrogen (secondary N) is 2. The van der Waals surface area contributed by atoms with E-state index in [0.29, 0.717) is 41.1 Å². The molecular weight excluding hydrogens is 360 g/mol. The second-order valence-corrected chi connectivity index (χ2v) is 6.48. The SMILES string of the molecule is COc1ccc(NC(=O)c2oc3ccccc3c2NC(=O)C2CCCO2)cc1. The first-order valence-electron chi connectivity index (χ1n) is 9.05. The van der Waals surface area contributed by atoms with Crippen molar-refractivity contribution in [1.29, 1.82) is 0 Å². The van der Waals surface area contributed by atoms with Crippen LogP contribution in [0.15, 0.2) is 52.9 Å². The molecule has 7 nitrogen and oxygen atoms in total. The Balaban J connectivity index is 1.63. The smallest absolute Gasteiger partial charge is 0.293 e. The number of amides is 2. The molecule has 0 spiro atoms. The number of benzene rings is 2. The van der Waals surface area contributed by atoms with Gasteiger partial charge < -0.3 is 24.5 Å². The van der Waals surface area contributed by atoms with Gasteiger partial charge in [0.25, 0.3) is 11.8 Å². The van der Waals surface area contributed by atoms with Crippen molar-refractivity contribution in [2.45, 2.75) is 18.9 Å². The maximum Gasteiger partial charge on any atom is 0.293 e. The lowest BCUT2D eigenvalue weighted by Gasteiger charge is -2.11. The van der Waals surface area contributed by atoms with Gasteiger partial charge in [0, 0.05) is 17.7 Å². The van der Waals surface area contributed by atoms with Crippen LogP contribution in [0, 0.1) is 0 Å². The Bertz CT molecular complexity index is 1000. The normalized spacial score (nSPS) is 16.1. The molecule has 1 unspecified atom stereocenters. The zero-order valence-electron chi connectivity index (χ0n) is 15.4. The van der Waals surface area contributed by atoms with Gasteiger partial charge in [0.15, 0.2) is 0 Å². The van der Waals surface area contributed by atoms with Crippen molar-refractivity contribution >= 4 is 34.2 Å². The predicted molar refractivity (Wildman–Crippen MR) is 105 cm³/mol. The lowest BCUT2D eigenvalue weighted by molar-refractivity contribution is -0.124. The van der Waals surface area contributed by atoms with E-state index in [4.69, 9.17) is 13.9 Å². The lowest BCUT2D eigenvalue weighted by atomic mass is 10.2. The molecular formula is C21H20N2O5. The molecule has 0 saturated carbocycles. The Morgan fingerprint density at radius 2 is 1.86 bits per heavy atom. The molecule has 28 heavy (non-hydrogen) atoms. The fourth-order valence-electron chi connectivity index (χ4n) is 3.18. The molecule has 2 heterocycles. The first-order chi connectivity index (χ1) is 13.7. The first-order valence-corrected chi connectivity index (χ1v) is 9.05. The number of ether oxygens (including phenoxy) is 2. The van der Waals surface area contributed by atoms with Gasteiger partial charge in [-0.05, 0) is 49.2 Å². The van der Waals surface area contributed by atoms with Crippen LogP contribution < -0.4 is 15.4 Å². The number of fused-ring (bicyclic) bond motifs is 1. The van der Waals surface area contributed by atoms with E-state index in [9.17, 15) is 9.59 Å². The minimum Gasteiger partial charge on any atom is -0.497 e. The number of furan rings is 1.